The van der Waals surface area contributed by atoms with Crippen LogP contribution in [0.1, 0.15) is 37.7 Å². The van der Waals surface area contributed by atoms with Gasteiger partial charge < -0.3 is 29.0 Å². The Hall–Kier alpha value is -2.42. The lowest BCUT2D eigenvalue weighted by molar-refractivity contribution is -0.159. The Bertz CT molecular complexity index is 1000. The molecule has 2 fully saturated rings. The summed E-state index contributed by atoms with van der Waals surface area (Å²) in [6, 6.07) is 3.40. The fourth-order valence-electron chi connectivity index (χ4n) is 6.58. The number of hydrogen-bond donors (Lipinski definition) is 2. The molecule has 0 radical (unpaired) electrons. The molecule has 1 aromatic rings. The number of carbonyl (C=O) groups excluding carboxylic acids is 2. The lowest BCUT2D eigenvalue weighted by atomic mass is 9.57. The first kappa shape index (κ1) is 23.3. The highest BCUT2D eigenvalue weighted by atomic mass is 16.6. The largest absolute Gasteiger partial charge is 0.463 e. The van der Waals surface area contributed by atoms with Gasteiger partial charge in [-0.25, -0.2) is 9.59 Å². The monoisotopic (exact) mass is 471 g/mol. The predicted octanol–water partition coefficient (Wildman–Crippen LogP) is 2.65. The number of ether oxygens (including phenoxy) is 4. The number of aromatic nitrogens is 1. The van der Waals surface area contributed by atoms with Gasteiger partial charge in [-0.2, -0.15) is 0 Å². The van der Waals surface area contributed by atoms with Crippen LogP contribution in [0.5, 0.6) is 0 Å². The lowest BCUT2D eigenvalue weighted by Crippen LogP contribution is -2.57. The van der Waals surface area contributed by atoms with Crippen molar-refractivity contribution >= 4 is 11.9 Å². The predicted molar refractivity (Wildman–Crippen MR) is 122 cm³/mol. The number of aliphatic hydroxyl groups is 1. The molecule has 184 valence electrons. The summed E-state index contributed by atoms with van der Waals surface area (Å²) in [6.45, 7) is 6.18. The normalized spacial score (nSPS) is 45.0. The van der Waals surface area contributed by atoms with Gasteiger partial charge in [0.25, 0.3) is 0 Å². The summed E-state index contributed by atoms with van der Waals surface area (Å²) in [6.07, 6.45) is 5.76. The SMILES string of the molecule is CO[C@H]1C[C@H]2C=C[C@H]3[C@@H]4O[C@]2(/C(C)=C\[C@@H](C)COC1=O)[C@@H]3[C@H](O)[C@@H](C)[C@H]4OC(=O)c1ccc[nH]1. The number of aliphatic hydroxyl groups excluding tert-OH is 1. The standard InChI is InChI=1S/C26H33NO7/c1-13-10-14(2)26-16(11-19(31-4)25(30)32-12-13)7-8-17-20(26)21(28)15(3)22(23(17)34-26)33-24(29)18-6-5-9-27-18/h5-10,13,15-17,19-23,27-28H,11-12H2,1-4H3/b14-10-/t13-,15-,16-,17-,19+,20+,21-,22-,23+,26+/m1/s1. The van der Waals surface area contributed by atoms with Gasteiger partial charge in [-0.3, -0.25) is 0 Å². The number of rotatable bonds is 3. The average molecular weight is 472 g/mol. The van der Waals surface area contributed by atoms with Gasteiger partial charge in [-0.1, -0.05) is 32.1 Å². The van der Waals surface area contributed by atoms with Crippen LogP contribution in [0.25, 0.3) is 0 Å². The fourth-order valence-corrected chi connectivity index (χ4v) is 6.58. The van der Waals surface area contributed by atoms with E-state index >= 15 is 0 Å². The molecule has 34 heavy (non-hydrogen) atoms. The van der Waals surface area contributed by atoms with Crippen molar-refractivity contribution in [2.75, 3.05) is 13.7 Å². The topological polar surface area (TPSA) is 107 Å². The lowest BCUT2D eigenvalue weighted by Gasteiger charge is -2.48. The molecule has 0 unspecified atom stereocenters. The molecule has 1 saturated carbocycles. The molecule has 3 heterocycles. The first-order valence-corrected chi connectivity index (χ1v) is 12.0. The molecular weight excluding hydrogens is 438 g/mol. The Morgan fingerprint density at radius 3 is 2.79 bits per heavy atom. The van der Waals surface area contributed by atoms with Gasteiger partial charge in [0.1, 0.15) is 23.5 Å². The quantitative estimate of drug-likeness (QED) is 0.516. The maximum absolute atomic E-state index is 12.8. The molecule has 2 aliphatic carbocycles. The van der Waals surface area contributed by atoms with Crippen LogP contribution < -0.4 is 0 Å². The molecule has 8 heteroatoms. The van der Waals surface area contributed by atoms with Crippen LogP contribution in [0.4, 0.5) is 0 Å². The van der Waals surface area contributed by atoms with Gasteiger partial charge in [0.05, 0.1) is 12.7 Å². The summed E-state index contributed by atoms with van der Waals surface area (Å²) < 4.78 is 23.8. The summed E-state index contributed by atoms with van der Waals surface area (Å²) >= 11 is 0. The number of nitrogens with one attached hydrogen (secondary N) is 1. The van der Waals surface area contributed by atoms with Crippen molar-refractivity contribution in [1.29, 1.82) is 0 Å². The zero-order chi connectivity index (χ0) is 24.2. The number of carbonyl (C=O) groups is 2. The minimum Gasteiger partial charge on any atom is -0.463 e. The first-order chi connectivity index (χ1) is 16.3. The summed E-state index contributed by atoms with van der Waals surface area (Å²) in [4.78, 5) is 28.3. The van der Waals surface area contributed by atoms with Crippen molar-refractivity contribution in [1.82, 2.24) is 4.98 Å². The van der Waals surface area contributed by atoms with Crippen molar-refractivity contribution < 1.29 is 33.6 Å². The van der Waals surface area contributed by atoms with E-state index in [4.69, 9.17) is 18.9 Å². The Kier molecular flexibility index (Phi) is 5.94. The van der Waals surface area contributed by atoms with Crippen molar-refractivity contribution in [3.05, 3.63) is 47.8 Å². The van der Waals surface area contributed by atoms with Crippen LogP contribution in [-0.2, 0) is 23.7 Å². The van der Waals surface area contributed by atoms with E-state index in [2.05, 4.69) is 23.2 Å². The molecular formula is C26H33NO7. The van der Waals surface area contributed by atoms with Crippen LogP contribution >= 0.6 is 0 Å². The van der Waals surface area contributed by atoms with E-state index in [9.17, 15) is 14.7 Å². The van der Waals surface area contributed by atoms with E-state index in [0.717, 1.165) is 5.57 Å². The highest BCUT2D eigenvalue weighted by Gasteiger charge is 2.69. The zero-order valence-corrected chi connectivity index (χ0v) is 20.0. The highest BCUT2D eigenvalue weighted by Crippen LogP contribution is 2.61. The number of hydrogen-bond acceptors (Lipinski definition) is 7. The summed E-state index contributed by atoms with van der Waals surface area (Å²) in [5.41, 5.74) is 0.539. The fraction of sp³-hybridized carbons (Fsp3) is 0.615. The molecule has 5 rings (SSSR count). The van der Waals surface area contributed by atoms with Crippen molar-refractivity contribution in [2.45, 2.75) is 57.2 Å². The van der Waals surface area contributed by atoms with Gasteiger partial charge in [-0.05, 0) is 31.1 Å². The smallest absolute Gasteiger partial charge is 0.355 e. The number of methoxy groups -OCH3 is 1. The number of H-pyrrole nitrogens is 1. The maximum Gasteiger partial charge on any atom is 0.355 e. The summed E-state index contributed by atoms with van der Waals surface area (Å²) in [5.74, 6) is -1.75. The van der Waals surface area contributed by atoms with Gasteiger partial charge in [0, 0.05) is 42.9 Å². The first-order valence-electron chi connectivity index (χ1n) is 12.0. The van der Waals surface area contributed by atoms with E-state index in [1.165, 1.54) is 7.11 Å². The number of aromatic amines is 1. The number of cyclic esters (lactones) is 1. The molecule has 2 aliphatic heterocycles. The molecule has 1 spiro atoms. The average Bonchev–Trinajstić information content (AvgIpc) is 3.41. The van der Waals surface area contributed by atoms with Gasteiger partial charge >= 0.3 is 11.9 Å². The molecule has 10 atom stereocenters. The third kappa shape index (κ3) is 3.46. The van der Waals surface area contributed by atoms with Crippen LogP contribution in [0.3, 0.4) is 0 Å². The van der Waals surface area contributed by atoms with Gasteiger partial charge in [-0.15, -0.1) is 0 Å². The second-order valence-corrected chi connectivity index (χ2v) is 10.2. The molecule has 1 saturated heterocycles. The molecule has 8 nitrogen and oxygen atoms in total. The van der Waals surface area contributed by atoms with Crippen molar-refractivity contribution in [3.63, 3.8) is 0 Å². The zero-order valence-electron chi connectivity index (χ0n) is 20.0. The molecule has 0 aromatic carbocycles. The molecule has 2 N–H and O–H groups in total. The minimum absolute atomic E-state index is 0.0286. The van der Waals surface area contributed by atoms with Crippen LogP contribution in [0.15, 0.2) is 42.1 Å². The molecule has 1 aromatic heterocycles. The Morgan fingerprint density at radius 1 is 1.29 bits per heavy atom. The molecule has 4 aliphatic rings. The summed E-state index contributed by atoms with van der Waals surface area (Å²) in [5, 5.41) is 11.6. The van der Waals surface area contributed by atoms with Crippen LogP contribution in [-0.4, -0.2) is 65.8 Å². The Labute approximate surface area is 199 Å². The van der Waals surface area contributed by atoms with Crippen LogP contribution in [0.2, 0.25) is 0 Å². The third-order valence-electron chi connectivity index (χ3n) is 8.20. The third-order valence-corrected chi connectivity index (χ3v) is 8.20. The Morgan fingerprint density at radius 2 is 2.09 bits per heavy atom. The second kappa shape index (κ2) is 8.66. The Balaban J connectivity index is 1.55. The van der Waals surface area contributed by atoms with E-state index < -0.39 is 36.0 Å². The van der Waals surface area contributed by atoms with Crippen molar-refractivity contribution in [2.24, 2.45) is 29.6 Å². The van der Waals surface area contributed by atoms with Crippen LogP contribution in [0, 0.1) is 29.6 Å². The molecule has 0 amide bonds. The molecule has 4 bridgehead atoms. The van der Waals surface area contributed by atoms with E-state index in [1.54, 1.807) is 18.3 Å². The maximum atomic E-state index is 12.8. The second-order valence-electron chi connectivity index (χ2n) is 10.2. The van der Waals surface area contributed by atoms with E-state index in [1.807, 2.05) is 20.8 Å². The van der Waals surface area contributed by atoms with E-state index in [0.29, 0.717) is 12.1 Å². The van der Waals surface area contributed by atoms with E-state index in [-0.39, 0.29) is 42.2 Å². The van der Waals surface area contributed by atoms with Gasteiger partial charge in [0.2, 0.25) is 0 Å². The van der Waals surface area contributed by atoms with Crippen molar-refractivity contribution in [3.8, 4) is 0 Å². The minimum atomic E-state index is -0.825. The van der Waals surface area contributed by atoms with Gasteiger partial charge in [0.15, 0.2) is 6.10 Å². The number of esters is 2. The summed E-state index contributed by atoms with van der Waals surface area (Å²) in [7, 11) is 1.51. The highest BCUT2D eigenvalue weighted by molar-refractivity contribution is 5.87.